The van der Waals surface area contributed by atoms with Crippen LogP contribution in [0.1, 0.15) is 49.7 Å². The van der Waals surface area contributed by atoms with Crippen LogP contribution >= 0.6 is 0 Å². The topological polar surface area (TPSA) is 32.3 Å². The smallest absolute Gasteiger partial charge is 0.0677 e. The monoisotopic (exact) mass is 245 g/mol. The Hall–Kier alpha value is -0.860. The van der Waals surface area contributed by atoms with Crippen LogP contribution in [0, 0.1) is 0 Å². The van der Waals surface area contributed by atoms with Crippen LogP contribution in [-0.2, 0) is 12.0 Å². The summed E-state index contributed by atoms with van der Waals surface area (Å²) in [6, 6.07) is 9.19. The molecule has 18 heavy (non-hydrogen) atoms. The van der Waals surface area contributed by atoms with Gasteiger partial charge in [-0.3, -0.25) is 0 Å². The van der Waals surface area contributed by atoms with Crippen molar-refractivity contribution in [3.05, 3.63) is 35.4 Å². The molecule has 2 nitrogen and oxygen atoms in total. The molecule has 1 aromatic carbocycles. The van der Waals surface area contributed by atoms with Gasteiger partial charge in [-0.05, 0) is 36.8 Å². The summed E-state index contributed by atoms with van der Waals surface area (Å²) in [5.74, 6) is 0. The molecule has 0 aromatic heterocycles. The van der Waals surface area contributed by atoms with Crippen LogP contribution in [0.3, 0.4) is 0 Å². The molecule has 1 fully saturated rings. The number of rotatable bonds is 3. The van der Waals surface area contributed by atoms with E-state index in [4.69, 9.17) is 0 Å². The van der Waals surface area contributed by atoms with Gasteiger partial charge in [-0.2, -0.15) is 0 Å². The van der Waals surface area contributed by atoms with Gasteiger partial charge in [0.25, 0.3) is 0 Å². The Balaban J connectivity index is 1.83. The Morgan fingerprint density at radius 3 is 2.72 bits per heavy atom. The van der Waals surface area contributed by atoms with Crippen LogP contribution in [0.25, 0.3) is 0 Å². The van der Waals surface area contributed by atoms with E-state index < -0.39 is 0 Å². The van der Waals surface area contributed by atoms with Crippen molar-refractivity contribution in [3.8, 4) is 0 Å². The molecular weight excluding hydrogens is 222 g/mol. The summed E-state index contributed by atoms with van der Waals surface area (Å²) in [6.45, 7) is 0.223. The lowest BCUT2D eigenvalue weighted by Gasteiger charge is -2.36. The van der Waals surface area contributed by atoms with Crippen molar-refractivity contribution in [2.24, 2.45) is 0 Å². The average Bonchev–Trinajstić information content (AvgIpc) is 2.80. The van der Waals surface area contributed by atoms with Crippen LogP contribution in [0.4, 0.5) is 0 Å². The van der Waals surface area contributed by atoms with Gasteiger partial charge in [0.05, 0.1) is 12.1 Å². The van der Waals surface area contributed by atoms with Gasteiger partial charge in [0.2, 0.25) is 0 Å². The molecule has 1 saturated carbocycles. The highest BCUT2D eigenvalue weighted by atomic mass is 16.3. The Morgan fingerprint density at radius 1 is 1.17 bits per heavy atom. The van der Waals surface area contributed by atoms with Crippen LogP contribution in [0.2, 0.25) is 0 Å². The zero-order valence-electron chi connectivity index (χ0n) is 11.0. The van der Waals surface area contributed by atoms with E-state index in [1.807, 2.05) is 0 Å². The second-order valence-corrected chi connectivity index (χ2v) is 5.88. The van der Waals surface area contributed by atoms with Gasteiger partial charge in [0.1, 0.15) is 0 Å². The summed E-state index contributed by atoms with van der Waals surface area (Å²) in [5, 5.41) is 13.7. The molecular formula is C16H23NO. The molecule has 1 aromatic rings. The Labute approximate surface area is 109 Å². The molecule has 0 bridgehead atoms. The van der Waals surface area contributed by atoms with Crippen molar-refractivity contribution < 1.29 is 5.11 Å². The zero-order chi connectivity index (χ0) is 12.4. The van der Waals surface area contributed by atoms with E-state index in [-0.39, 0.29) is 12.1 Å². The first-order valence-electron chi connectivity index (χ1n) is 7.31. The highest BCUT2D eigenvalue weighted by Gasteiger charge is 2.39. The predicted octanol–water partition coefficient (Wildman–Crippen LogP) is 2.74. The number of aliphatic hydroxyl groups excluding tert-OH is 1. The fourth-order valence-electron chi connectivity index (χ4n) is 3.69. The highest BCUT2D eigenvalue weighted by Crippen LogP contribution is 2.37. The summed E-state index contributed by atoms with van der Waals surface area (Å²) in [4.78, 5) is 0. The molecule has 0 amide bonds. The Bertz CT molecular complexity index is 411. The average molecular weight is 245 g/mol. The molecule has 0 heterocycles. The predicted molar refractivity (Wildman–Crippen MR) is 73.5 cm³/mol. The van der Waals surface area contributed by atoms with Gasteiger partial charge in [-0.25, -0.2) is 0 Å². The van der Waals surface area contributed by atoms with E-state index in [1.165, 1.54) is 43.2 Å². The van der Waals surface area contributed by atoms with Gasteiger partial charge < -0.3 is 10.4 Å². The summed E-state index contributed by atoms with van der Waals surface area (Å²) in [7, 11) is 0. The molecule has 2 aliphatic carbocycles. The van der Waals surface area contributed by atoms with Crippen LogP contribution in [0.15, 0.2) is 24.3 Å². The number of fused-ring (bicyclic) bond motifs is 1. The molecule has 3 rings (SSSR count). The normalized spacial score (nSPS) is 28.3. The van der Waals surface area contributed by atoms with Gasteiger partial charge in [0, 0.05) is 6.04 Å². The van der Waals surface area contributed by atoms with Crippen molar-refractivity contribution in [2.75, 3.05) is 6.61 Å². The lowest BCUT2D eigenvalue weighted by atomic mass is 9.88. The van der Waals surface area contributed by atoms with E-state index in [1.54, 1.807) is 0 Å². The zero-order valence-corrected chi connectivity index (χ0v) is 11.0. The molecule has 1 unspecified atom stereocenters. The van der Waals surface area contributed by atoms with E-state index in [9.17, 15) is 5.11 Å². The lowest BCUT2D eigenvalue weighted by Crippen LogP contribution is -2.49. The van der Waals surface area contributed by atoms with E-state index in [2.05, 4.69) is 29.6 Å². The first kappa shape index (κ1) is 12.2. The minimum Gasteiger partial charge on any atom is -0.394 e. The van der Waals surface area contributed by atoms with Crippen molar-refractivity contribution >= 4 is 0 Å². The molecule has 1 atom stereocenters. The summed E-state index contributed by atoms with van der Waals surface area (Å²) in [6.07, 6.45) is 8.71. The largest absolute Gasteiger partial charge is 0.394 e. The maximum absolute atomic E-state index is 9.93. The maximum atomic E-state index is 9.93. The van der Waals surface area contributed by atoms with Crippen LogP contribution in [-0.4, -0.2) is 17.8 Å². The number of aryl methyl sites for hydroxylation is 1. The number of hydrogen-bond donors (Lipinski definition) is 2. The Morgan fingerprint density at radius 2 is 1.94 bits per heavy atom. The fraction of sp³-hybridized carbons (Fsp3) is 0.625. The molecule has 98 valence electrons. The maximum Gasteiger partial charge on any atom is 0.0677 e. The van der Waals surface area contributed by atoms with Crippen molar-refractivity contribution in [1.82, 2.24) is 5.32 Å². The molecule has 0 aliphatic heterocycles. The quantitative estimate of drug-likeness (QED) is 0.858. The number of benzene rings is 1. The molecule has 2 aliphatic rings. The van der Waals surface area contributed by atoms with E-state index in [0.29, 0.717) is 6.04 Å². The second kappa shape index (κ2) is 5.02. The second-order valence-electron chi connectivity index (χ2n) is 5.88. The molecule has 2 heteroatoms. The lowest BCUT2D eigenvalue weighted by molar-refractivity contribution is 0.137. The van der Waals surface area contributed by atoms with Crippen LogP contribution in [0.5, 0.6) is 0 Å². The molecule has 0 radical (unpaired) electrons. The first-order valence-corrected chi connectivity index (χ1v) is 7.31. The molecule has 2 N–H and O–H groups in total. The minimum absolute atomic E-state index is 0.168. The fourth-order valence-corrected chi connectivity index (χ4v) is 3.69. The number of hydrogen-bond acceptors (Lipinski definition) is 2. The minimum atomic E-state index is -0.168. The van der Waals surface area contributed by atoms with E-state index in [0.717, 1.165) is 12.8 Å². The summed E-state index contributed by atoms with van der Waals surface area (Å²) >= 11 is 0. The molecule has 0 saturated heterocycles. The van der Waals surface area contributed by atoms with Crippen molar-refractivity contribution in [1.29, 1.82) is 0 Å². The SMILES string of the molecule is OCC1(NC2CCCCC2)CCc2ccccc21. The highest BCUT2D eigenvalue weighted by molar-refractivity contribution is 5.39. The van der Waals surface area contributed by atoms with Crippen molar-refractivity contribution in [2.45, 2.75) is 56.5 Å². The third-order valence-electron chi connectivity index (χ3n) is 4.71. The number of aliphatic hydroxyl groups is 1. The van der Waals surface area contributed by atoms with Gasteiger partial charge in [-0.1, -0.05) is 43.5 Å². The van der Waals surface area contributed by atoms with E-state index >= 15 is 0 Å². The molecule has 0 spiro atoms. The van der Waals surface area contributed by atoms with Gasteiger partial charge in [0.15, 0.2) is 0 Å². The van der Waals surface area contributed by atoms with Crippen LogP contribution < -0.4 is 5.32 Å². The Kier molecular flexibility index (Phi) is 3.40. The van der Waals surface area contributed by atoms with Gasteiger partial charge >= 0.3 is 0 Å². The third-order valence-corrected chi connectivity index (χ3v) is 4.71. The standard InChI is InChI=1S/C16H23NO/c18-12-16(17-14-7-2-1-3-8-14)11-10-13-6-4-5-9-15(13)16/h4-6,9,14,17-18H,1-3,7-8,10-12H2. The number of nitrogens with one attached hydrogen (secondary N) is 1. The summed E-state index contributed by atoms with van der Waals surface area (Å²) in [5.41, 5.74) is 2.58. The first-order chi connectivity index (χ1) is 8.84. The summed E-state index contributed by atoms with van der Waals surface area (Å²) < 4.78 is 0. The third kappa shape index (κ3) is 2.08. The van der Waals surface area contributed by atoms with Gasteiger partial charge in [-0.15, -0.1) is 0 Å². The van der Waals surface area contributed by atoms with Crippen molar-refractivity contribution in [3.63, 3.8) is 0 Å².